The van der Waals surface area contributed by atoms with Gasteiger partial charge in [0.1, 0.15) is 0 Å². The lowest BCUT2D eigenvalue weighted by atomic mass is 9.83. The van der Waals surface area contributed by atoms with Crippen LogP contribution in [0.25, 0.3) is 0 Å². The maximum atomic E-state index is 9.49. The predicted molar refractivity (Wildman–Crippen MR) is 69.5 cm³/mol. The van der Waals surface area contributed by atoms with E-state index in [-0.39, 0.29) is 5.41 Å². The summed E-state index contributed by atoms with van der Waals surface area (Å²) in [6.45, 7) is 11.4. The SMILES string of the molecule is CCC(CC)(CO)CNCC1(C(C)C)CC1. The number of rotatable bonds is 8. The molecule has 0 radical (unpaired) electrons. The van der Waals surface area contributed by atoms with Crippen LogP contribution < -0.4 is 5.32 Å². The quantitative estimate of drug-likeness (QED) is 0.668. The number of aliphatic hydroxyl groups is 1. The van der Waals surface area contributed by atoms with Gasteiger partial charge in [0.15, 0.2) is 0 Å². The highest BCUT2D eigenvalue weighted by Crippen LogP contribution is 2.51. The molecule has 0 spiro atoms. The Hall–Kier alpha value is -0.0800. The molecule has 0 atom stereocenters. The van der Waals surface area contributed by atoms with Gasteiger partial charge in [-0.1, -0.05) is 27.7 Å². The van der Waals surface area contributed by atoms with E-state index < -0.39 is 0 Å². The molecule has 1 fully saturated rings. The highest BCUT2D eigenvalue weighted by molar-refractivity contribution is 4.97. The fraction of sp³-hybridized carbons (Fsp3) is 1.00. The Bertz CT molecular complexity index is 197. The average Bonchev–Trinajstić information content (AvgIpc) is 3.06. The first-order valence-electron chi connectivity index (χ1n) is 6.86. The van der Waals surface area contributed by atoms with Crippen molar-refractivity contribution in [2.45, 2.75) is 53.4 Å². The van der Waals surface area contributed by atoms with Gasteiger partial charge in [0.25, 0.3) is 0 Å². The number of hydrogen-bond donors (Lipinski definition) is 2. The van der Waals surface area contributed by atoms with Crippen molar-refractivity contribution in [3.63, 3.8) is 0 Å². The van der Waals surface area contributed by atoms with Gasteiger partial charge < -0.3 is 10.4 Å². The van der Waals surface area contributed by atoms with Crippen LogP contribution in [0.3, 0.4) is 0 Å². The summed E-state index contributed by atoms with van der Waals surface area (Å²) in [5.41, 5.74) is 0.676. The molecule has 1 saturated carbocycles. The van der Waals surface area contributed by atoms with Crippen LogP contribution in [0.4, 0.5) is 0 Å². The molecule has 0 aromatic rings. The molecule has 1 rings (SSSR count). The smallest absolute Gasteiger partial charge is 0.0499 e. The molecule has 1 aliphatic rings. The Morgan fingerprint density at radius 2 is 1.81 bits per heavy atom. The van der Waals surface area contributed by atoms with Gasteiger partial charge in [0.05, 0.1) is 0 Å². The number of aliphatic hydroxyl groups excluding tert-OH is 1. The van der Waals surface area contributed by atoms with E-state index in [1.807, 2.05) is 0 Å². The van der Waals surface area contributed by atoms with Crippen molar-refractivity contribution in [1.29, 1.82) is 0 Å². The van der Waals surface area contributed by atoms with E-state index >= 15 is 0 Å². The normalized spacial score (nSPS) is 19.1. The van der Waals surface area contributed by atoms with Crippen molar-refractivity contribution < 1.29 is 5.11 Å². The summed E-state index contributed by atoms with van der Waals surface area (Å²) >= 11 is 0. The summed E-state index contributed by atoms with van der Waals surface area (Å²) in [4.78, 5) is 0. The lowest BCUT2D eigenvalue weighted by molar-refractivity contribution is 0.110. The molecule has 0 aromatic heterocycles. The number of hydrogen-bond acceptors (Lipinski definition) is 2. The molecule has 0 heterocycles. The monoisotopic (exact) mass is 227 g/mol. The Kier molecular flexibility index (Phi) is 4.81. The summed E-state index contributed by atoms with van der Waals surface area (Å²) in [7, 11) is 0. The summed E-state index contributed by atoms with van der Waals surface area (Å²) in [5, 5.41) is 13.1. The molecule has 2 heteroatoms. The summed E-state index contributed by atoms with van der Waals surface area (Å²) in [6, 6.07) is 0. The number of nitrogens with one attached hydrogen (secondary N) is 1. The van der Waals surface area contributed by atoms with E-state index in [0.717, 1.165) is 31.8 Å². The fourth-order valence-electron chi connectivity index (χ4n) is 2.47. The van der Waals surface area contributed by atoms with Crippen LogP contribution in [0.2, 0.25) is 0 Å². The standard InChI is InChI=1S/C14H29NO/c1-5-13(6-2,11-16)9-15-10-14(7-8-14)12(3)4/h12,15-16H,5-11H2,1-4H3. The molecule has 0 aliphatic heterocycles. The average molecular weight is 227 g/mol. The molecule has 0 saturated heterocycles. The molecule has 2 N–H and O–H groups in total. The van der Waals surface area contributed by atoms with E-state index in [9.17, 15) is 5.11 Å². The third-order valence-corrected chi connectivity index (χ3v) is 4.93. The Morgan fingerprint density at radius 1 is 1.25 bits per heavy atom. The molecular formula is C14H29NO. The second-order valence-electron chi connectivity index (χ2n) is 5.99. The second-order valence-corrected chi connectivity index (χ2v) is 5.99. The van der Waals surface area contributed by atoms with Crippen LogP contribution in [0.15, 0.2) is 0 Å². The molecule has 2 nitrogen and oxygen atoms in total. The van der Waals surface area contributed by atoms with Gasteiger partial charge in [-0.3, -0.25) is 0 Å². The van der Waals surface area contributed by atoms with E-state index in [4.69, 9.17) is 0 Å². The van der Waals surface area contributed by atoms with E-state index in [1.165, 1.54) is 12.8 Å². The van der Waals surface area contributed by atoms with Crippen LogP contribution >= 0.6 is 0 Å². The van der Waals surface area contributed by atoms with Crippen LogP contribution in [-0.2, 0) is 0 Å². The predicted octanol–water partition coefficient (Wildman–Crippen LogP) is 2.81. The Balaban J connectivity index is 2.34. The summed E-state index contributed by atoms with van der Waals surface area (Å²) in [6.07, 6.45) is 4.87. The van der Waals surface area contributed by atoms with Gasteiger partial charge in [-0.15, -0.1) is 0 Å². The van der Waals surface area contributed by atoms with Crippen LogP contribution in [-0.4, -0.2) is 24.8 Å². The topological polar surface area (TPSA) is 32.3 Å². The minimum absolute atomic E-state index is 0.104. The highest BCUT2D eigenvalue weighted by Gasteiger charge is 2.44. The van der Waals surface area contributed by atoms with Crippen LogP contribution in [0, 0.1) is 16.7 Å². The highest BCUT2D eigenvalue weighted by atomic mass is 16.3. The summed E-state index contributed by atoms with van der Waals surface area (Å²) in [5.74, 6) is 0.784. The largest absolute Gasteiger partial charge is 0.396 e. The lowest BCUT2D eigenvalue weighted by Gasteiger charge is -2.31. The molecule has 0 amide bonds. The van der Waals surface area contributed by atoms with E-state index in [0.29, 0.717) is 12.0 Å². The zero-order valence-electron chi connectivity index (χ0n) is 11.5. The first-order valence-corrected chi connectivity index (χ1v) is 6.86. The third kappa shape index (κ3) is 2.98. The Labute approximate surface area is 101 Å². The molecule has 0 bridgehead atoms. The minimum atomic E-state index is 0.104. The maximum absolute atomic E-state index is 9.49. The second kappa shape index (κ2) is 5.50. The Morgan fingerprint density at radius 3 is 2.12 bits per heavy atom. The first kappa shape index (κ1) is 14.0. The fourth-order valence-corrected chi connectivity index (χ4v) is 2.47. The van der Waals surface area contributed by atoms with Gasteiger partial charge in [0.2, 0.25) is 0 Å². The van der Waals surface area contributed by atoms with E-state index in [1.54, 1.807) is 0 Å². The van der Waals surface area contributed by atoms with Crippen molar-refractivity contribution in [2.75, 3.05) is 19.7 Å². The van der Waals surface area contributed by atoms with Crippen molar-refractivity contribution >= 4 is 0 Å². The third-order valence-electron chi connectivity index (χ3n) is 4.93. The molecule has 0 aromatic carbocycles. The van der Waals surface area contributed by atoms with Gasteiger partial charge >= 0.3 is 0 Å². The molecule has 0 unspecified atom stereocenters. The molecule has 16 heavy (non-hydrogen) atoms. The van der Waals surface area contributed by atoms with Gasteiger partial charge in [-0.2, -0.15) is 0 Å². The molecular weight excluding hydrogens is 198 g/mol. The van der Waals surface area contributed by atoms with Crippen molar-refractivity contribution in [2.24, 2.45) is 16.7 Å². The van der Waals surface area contributed by atoms with Crippen molar-refractivity contribution in [3.05, 3.63) is 0 Å². The van der Waals surface area contributed by atoms with Gasteiger partial charge in [-0.25, -0.2) is 0 Å². The molecule has 96 valence electrons. The summed E-state index contributed by atoms with van der Waals surface area (Å²) < 4.78 is 0. The van der Waals surface area contributed by atoms with Crippen molar-refractivity contribution in [1.82, 2.24) is 5.32 Å². The maximum Gasteiger partial charge on any atom is 0.0499 e. The zero-order valence-corrected chi connectivity index (χ0v) is 11.5. The first-order chi connectivity index (χ1) is 7.54. The van der Waals surface area contributed by atoms with Gasteiger partial charge in [0, 0.05) is 25.1 Å². The zero-order chi connectivity index (χ0) is 12.2. The van der Waals surface area contributed by atoms with Crippen molar-refractivity contribution in [3.8, 4) is 0 Å². The van der Waals surface area contributed by atoms with E-state index in [2.05, 4.69) is 33.0 Å². The molecule has 1 aliphatic carbocycles. The minimum Gasteiger partial charge on any atom is -0.396 e. The van der Waals surface area contributed by atoms with Crippen LogP contribution in [0.1, 0.15) is 53.4 Å². The van der Waals surface area contributed by atoms with Gasteiger partial charge in [-0.05, 0) is 37.0 Å². The van der Waals surface area contributed by atoms with Crippen LogP contribution in [0.5, 0.6) is 0 Å². The lowest BCUT2D eigenvalue weighted by Crippen LogP contribution is -2.39.